The number of rotatable bonds is 24. The van der Waals surface area contributed by atoms with Crippen molar-refractivity contribution in [3.8, 4) is 0 Å². The minimum absolute atomic E-state index is 0.0282. The molecular formula is C25H50O4. The lowest BCUT2D eigenvalue weighted by atomic mass is 10.1. The Balaban J connectivity index is 3.12. The van der Waals surface area contributed by atoms with Crippen molar-refractivity contribution >= 4 is 0 Å². The average molecular weight is 415 g/mol. The van der Waals surface area contributed by atoms with E-state index in [1.807, 2.05) is 0 Å². The third-order valence-corrected chi connectivity index (χ3v) is 5.32. The molecule has 0 aliphatic rings. The Bertz CT molecular complexity index is 316. The highest BCUT2D eigenvalue weighted by Crippen LogP contribution is 2.12. The molecule has 0 saturated carbocycles. The lowest BCUT2D eigenvalue weighted by Gasteiger charge is -2.12. The third kappa shape index (κ3) is 23.6. The second-order valence-corrected chi connectivity index (χ2v) is 7.99. The van der Waals surface area contributed by atoms with Gasteiger partial charge in [-0.15, -0.1) is 0 Å². The van der Waals surface area contributed by atoms with Gasteiger partial charge in [0.2, 0.25) is 0 Å². The molecule has 0 aromatic heterocycles. The van der Waals surface area contributed by atoms with Crippen molar-refractivity contribution in [2.75, 3.05) is 27.6 Å². The number of allylic oxidation sites excluding steroid dienone is 1. The van der Waals surface area contributed by atoms with E-state index >= 15 is 0 Å². The molecule has 0 heterocycles. The Morgan fingerprint density at radius 2 is 1.21 bits per heavy atom. The monoisotopic (exact) mass is 414 g/mol. The number of unbranched alkanes of at least 4 members (excludes halogenated alkanes) is 14. The van der Waals surface area contributed by atoms with E-state index in [-0.39, 0.29) is 6.29 Å². The van der Waals surface area contributed by atoms with E-state index in [0.717, 1.165) is 25.9 Å². The molecule has 0 aromatic carbocycles. The summed E-state index contributed by atoms with van der Waals surface area (Å²) >= 11 is 0. The van der Waals surface area contributed by atoms with Gasteiger partial charge in [-0.2, -0.15) is 0 Å². The van der Waals surface area contributed by atoms with Gasteiger partial charge in [0.15, 0.2) is 13.1 Å². The largest absolute Gasteiger partial charge is 0.475 e. The molecule has 174 valence electrons. The summed E-state index contributed by atoms with van der Waals surface area (Å²) < 4.78 is 21.3. The predicted octanol–water partition coefficient (Wildman–Crippen LogP) is 7.76. The zero-order chi connectivity index (χ0) is 21.3. The Morgan fingerprint density at radius 1 is 0.655 bits per heavy atom. The minimum atomic E-state index is -0.0282. The summed E-state index contributed by atoms with van der Waals surface area (Å²) in [6, 6.07) is 0. The van der Waals surface area contributed by atoms with E-state index in [1.165, 1.54) is 89.9 Å². The fraction of sp³-hybridized carbons (Fsp3) is 0.920. The molecule has 0 aromatic rings. The molecule has 0 unspecified atom stereocenters. The Labute approximate surface area is 181 Å². The maximum absolute atomic E-state index is 5.51. The van der Waals surface area contributed by atoms with Crippen LogP contribution in [0, 0.1) is 0 Å². The lowest BCUT2D eigenvalue weighted by Crippen LogP contribution is -2.12. The molecule has 0 rings (SSSR count). The highest BCUT2D eigenvalue weighted by Gasteiger charge is 2.03. The number of hydrogen-bond acceptors (Lipinski definition) is 4. The van der Waals surface area contributed by atoms with Crippen molar-refractivity contribution in [1.29, 1.82) is 0 Å². The summed E-state index contributed by atoms with van der Waals surface area (Å²) in [6.07, 6.45) is 25.6. The van der Waals surface area contributed by atoms with E-state index in [9.17, 15) is 0 Å². The standard InChI is InChI=1S/C25H50O4/c1-4-5-6-7-8-13-16-19-22-28-24-29-23-20-17-14-11-9-10-12-15-18-21-25(26-2)27-3/h20,23,25H,4-19,21-22,24H2,1-3H3. The molecule has 0 spiro atoms. The van der Waals surface area contributed by atoms with Crippen LogP contribution in [0.15, 0.2) is 12.3 Å². The summed E-state index contributed by atoms with van der Waals surface area (Å²) in [4.78, 5) is 0. The van der Waals surface area contributed by atoms with Gasteiger partial charge in [-0.05, 0) is 38.2 Å². The molecular weight excluding hydrogens is 364 g/mol. The van der Waals surface area contributed by atoms with Crippen LogP contribution in [0.3, 0.4) is 0 Å². The molecule has 0 atom stereocenters. The smallest absolute Gasteiger partial charge is 0.188 e. The van der Waals surface area contributed by atoms with Crippen molar-refractivity contribution in [3.05, 3.63) is 12.3 Å². The first kappa shape index (κ1) is 28.4. The Hall–Kier alpha value is -0.580. The van der Waals surface area contributed by atoms with Gasteiger partial charge in [0.1, 0.15) is 0 Å². The van der Waals surface area contributed by atoms with Crippen molar-refractivity contribution in [2.45, 2.75) is 122 Å². The summed E-state index contributed by atoms with van der Waals surface area (Å²) in [5.74, 6) is 0. The minimum Gasteiger partial charge on any atom is -0.475 e. The topological polar surface area (TPSA) is 36.9 Å². The predicted molar refractivity (Wildman–Crippen MR) is 123 cm³/mol. The van der Waals surface area contributed by atoms with E-state index in [1.54, 1.807) is 20.5 Å². The lowest BCUT2D eigenvalue weighted by molar-refractivity contribution is -0.107. The molecule has 4 heteroatoms. The van der Waals surface area contributed by atoms with E-state index in [4.69, 9.17) is 18.9 Å². The first-order valence-corrected chi connectivity index (χ1v) is 12.2. The highest BCUT2D eigenvalue weighted by atomic mass is 16.7. The van der Waals surface area contributed by atoms with Crippen molar-refractivity contribution < 1.29 is 18.9 Å². The van der Waals surface area contributed by atoms with Crippen LogP contribution in [-0.4, -0.2) is 33.9 Å². The fourth-order valence-electron chi connectivity index (χ4n) is 3.41. The summed E-state index contributed by atoms with van der Waals surface area (Å²) in [7, 11) is 3.41. The van der Waals surface area contributed by atoms with Gasteiger partial charge < -0.3 is 18.9 Å². The van der Waals surface area contributed by atoms with Gasteiger partial charge in [0, 0.05) is 14.2 Å². The van der Waals surface area contributed by atoms with Crippen molar-refractivity contribution in [2.24, 2.45) is 0 Å². The fourth-order valence-corrected chi connectivity index (χ4v) is 3.41. The molecule has 0 saturated heterocycles. The molecule has 0 amide bonds. The average Bonchev–Trinajstić information content (AvgIpc) is 2.74. The number of hydrogen-bond donors (Lipinski definition) is 0. The van der Waals surface area contributed by atoms with Crippen LogP contribution in [0.4, 0.5) is 0 Å². The Kier molecular flexibility index (Phi) is 24.9. The normalized spacial score (nSPS) is 11.7. The van der Waals surface area contributed by atoms with Gasteiger partial charge in [-0.3, -0.25) is 0 Å². The van der Waals surface area contributed by atoms with Crippen LogP contribution in [0.1, 0.15) is 116 Å². The molecule has 0 fully saturated rings. The summed E-state index contributed by atoms with van der Waals surface area (Å²) in [5, 5.41) is 0. The van der Waals surface area contributed by atoms with Crippen LogP contribution in [-0.2, 0) is 18.9 Å². The van der Waals surface area contributed by atoms with Crippen LogP contribution in [0.2, 0.25) is 0 Å². The quantitative estimate of drug-likeness (QED) is 0.0918. The van der Waals surface area contributed by atoms with Crippen LogP contribution in [0.25, 0.3) is 0 Å². The van der Waals surface area contributed by atoms with E-state index in [2.05, 4.69) is 13.0 Å². The van der Waals surface area contributed by atoms with Crippen molar-refractivity contribution in [3.63, 3.8) is 0 Å². The van der Waals surface area contributed by atoms with Crippen molar-refractivity contribution in [1.82, 2.24) is 0 Å². The number of ether oxygens (including phenoxy) is 4. The van der Waals surface area contributed by atoms with Gasteiger partial charge in [0.25, 0.3) is 0 Å². The zero-order valence-electron chi connectivity index (χ0n) is 19.8. The first-order chi connectivity index (χ1) is 14.3. The molecule has 0 radical (unpaired) electrons. The third-order valence-electron chi connectivity index (χ3n) is 5.32. The molecule has 0 N–H and O–H groups in total. The van der Waals surface area contributed by atoms with E-state index in [0.29, 0.717) is 6.79 Å². The van der Waals surface area contributed by atoms with Gasteiger partial charge >= 0.3 is 0 Å². The zero-order valence-corrected chi connectivity index (χ0v) is 19.8. The van der Waals surface area contributed by atoms with Gasteiger partial charge in [-0.25, -0.2) is 0 Å². The highest BCUT2D eigenvalue weighted by molar-refractivity contribution is 4.72. The molecule has 0 bridgehead atoms. The van der Waals surface area contributed by atoms with Gasteiger partial charge in [0.05, 0.1) is 12.9 Å². The molecule has 29 heavy (non-hydrogen) atoms. The SMILES string of the molecule is CCCCCCCCCCOCOC=CCCCCCCCCCC(OC)OC. The van der Waals surface area contributed by atoms with Crippen LogP contribution >= 0.6 is 0 Å². The maximum atomic E-state index is 5.51. The molecule has 0 aliphatic carbocycles. The molecule has 0 aliphatic heterocycles. The summed E-state index contributed by atoms with van der Waals surface area (Å²) in [5.41, 5.74) is 0. The maximum Gasteiger partial charge on any atom is 0.188 e. The second-order valence-electron chi connectivity index (χ2n) is 7.99. The first-order valence-electron chi connectivity index (χ1n) is 12.2. The molecule has 4 nitrogen and oxygen atoms in total. The van der Waals surface area contributed by atoms with Crippen LogP contribution < -0.4 is 0 Å². The number of methoxy groups -OCH3 is 2. The summed E-state index contributed by atoms with van der Waals surface area (Å²) in [6.45, 7) is 3.47. The van der Waals surface area contributed by atoms with Crippen LogP contribution in [0.5, 0.6) is 0 Å². The second kappa shape index (κ2) is 25.5. The van der Waals surface area contributed by atoms with E-state index < -0.39 is 0 Å². The van der Waals surface area contributed by atoms with Gasteiger partial charge in [-0.1, -0.05) is 84.0 Å². The Morgan fingerprint density at radius 3 is 1.83 bits per heavy atom.